The Hall–Kier alpha value is -0.550. The summed E-state index contributed by atoms with van der Waals surface area (Å²) in [7, 11) is 0. The number of nitrogens with zero attached hydrogens (tertiary/aromatic N) is 1. The van der Waals surface area contributed by atoms with E-state index in [0.29, 0.717) is 5.92 Å². The monoisotopic (exact) mass is 307 g/mol. The van der Waals surface area contributed by atoms with Gasteiger partial charge in [0.05, 0.1) is 10.9 Å². The van der Waals surface area contributed by atoms with Crippen molar-refractivity contribution in [1.29, 1.82) is 0 Å². The van der Waals surface area contributed by atoms with Crippen LogP contribution in [0.25, 0.3) is 0 Å². The first-order valence-corrected chi connectivity index (χ1v) is 8.72. The highest BCUT2D eigenvalue weighted by molar-refractivity contribution is 8.00. The first-order valence-electron chi connectivity index (χ1n) is 7.91. The van der Waals surface area contributed by atoms with Gasteiger partial charge in [0.25, 0.3) is 0 Å². The number of aliphatic hydroxyl groups excluding tert-OH is 2. The summed E-state index contributed by atoms with van der Waals surface area (Å²) in [4.78, 5) is 3.69. The Morgan fingerprint density at radius 2 is 1.95 bits per heavy atom. The van der Waals surface area contributed by atoms with Crippen LogP contribution in [0.15, 0.2) is 35.2 Å². The standard InChI is InChI=1S/C17H25NO2S/c1-13(11-19)16(20)17(21-15-5-3-2-4-6-15)12-18-9-7-14(17)8-10-18/h2-6,13-14,16,19-20H,7-12H2,1H3/t13-,16-,17?/m0/s1. The quantitative estimate of drug-likeness (QED) is 0.875. The molecule has 2 N–H and O–H groups in total. The molecule has 3 atom stereocenters. The molecule has 0 saturated carbocycles. The van der Waals surface area contributed by atoms with Crippen molar-refractivity contribution in [2.45, 2.75) is 35.5 Å². The summed E-state index contributed by atoms with van der Waals surface area (Å²) in [6, 6.07) is 10.4. The minimum absolute atomic E-state index is 0.0466. The summed E-state index contributed by atoms with van der Waals surface area (Å²) < 4.78 is -0.181. The van der Waals surface area contributed by atoms with Gasteiger partial charge in [-0.05, 0) is 44.0 Å². The first kappa shape index (κ1) is 15.3. The lowest BCUT2D eigenvalue weighted by molar-refractivity contribution is -0.0341. The lowest BCUT2D eigenvalue weighted by atomic mass is 9.72. The lowest BCUT2D eigenvalue weighted by Crippen LogP contribution is -2.63. The van der Waals surface area contributed by atoms with Crippen LogP contribution >= 0.6 is 11.8 Å². The second-order valence-electron chi connectivity index (χ2n) is 6.53. The summed E-state index contributed by atoms with van der Waals surface area (Å²) in [6.45, 7) is 5.24. The molecule has 1 aromatic rings. The van der Waals surface area contributed by atoms with Crippen LogP contribution < -0.4 is 0 Å². The molecule has 4 heteroatoms. The van der Waals surface area contributed by atoms with E-state index < -0.39 is 6.10 Å². The fraction of sp³-hybridized carbons (Fsp3) is 0.647. The van der Waals surface area contributed by atoms with Crippen LogP contribution in [0.4, 0.5) is 0 Å². The van der Waals surface area contributed by atoms with E-state index in [2.05, 4.69) is 29.2 Å². The SMILES string of the molecule is C[C@@H](CO)[C@H](O)C1(Sc2ccccc2)CN2CCC1CC2. The molecule has 3 nitrogen and oxygen atoms in total. The second-order valence-corrected chi connectivity index (χ2v) is 7.96. The summed E-state index contributed by atoms with van der Waals surface area (Å²) in [5.74, 6) is 0.457. The van der Waals surface area contributed by atoms with Gasteiger partial charge < -0.3 is 15.1 Å². The van der Waals surface area contributed by atoms with Crippen molar-refractivity contribution in [3.8, 4) is 0 Å². The smallest absolute Gasteiger partial charge is 0.0752 e. The maximum Gasteiger partial charge on any atom is 0.0752 e. The fourth-order valence-electron chi connectivity index (χ4n) is 3.86. The molecule has 3 saturated heterocycles. The Bertz CT molecular complexity index is 461. The van der Waals surface area contributed by atoms with Crippen molar-refractivity contribution in [3.63, 3.8) is 0 Å². The minimum atomic E-state index is -0.471. The summed E-state index contributed by atoms with van der Waals surface area (Å²) >= 11 is 1.82. The van der Waals surface area contributed by atoms with E-state index in [1.54, 1.807) is 0 Å². The normalized spacial score (nSPS) is 34.6. The fourth-order valence-corrected chi connectivity index (χ4v) is 5.59. The number of hydrogen-bond acceptors (Lipinski definition) is 4. The molecule has 1 aromatic carbocycles. The van der Waals surface area contributed by atoms with E-state index in [9.17, 15) is 10.2 Å². The number of rotatable bonds is 5. The molecule has 3 aliphatic rings. The van der Waals surface area contributed by atoms with Crippen LogP contribution in [0.5, 0.6) is 0 Å². The molecule has 116 valence electrons. The third-order valence-corrected chi connectivity index (χ3v) is 6.72. The van der Waals surface area contributed by atoms with Crippen molar-refractivity contribution in [2.24, 2.45) is 11.8 Å². The molecule has 21 heavy (non-hydrogen) atoms. The molecular weight excluding hydrogens is 282 g/mol. The van der Waals surface area contributed by atoms with Gasteiger partial charge in [0.15, 0.2) is 0 Å². The summed E-state index contributed by atoms with van der Waals surface area (Å²) in [5.41, 5.74) is 0. The number of benzene rings is 1. The third kappa shape index (κ3) is 2.87. The molecule has 1 unspecified atom stereocenters. The van der Waals surface area contributed by atoms with Gasteiger partial charge in [-0.2, -0.15) is 0 Å². The molecule has 0 aromatic heterocycles. The summed E-state index contributed by atoms with van der Waals surface area (Å²) in [6.07, 6.45) is 1.85. The maximum absolute atomic E-state index is 11.0. The topological polar surface area (TPSA) is 43.7 Å². The van der Waals surface area contributed by atoms with Gasteiger partial charge in [-0.15, -0.1) is 11.8 Å². The van der Waals surface area contributed by atoms with E-state index in [-0.39, 0.29) is 17.3 Å². The molecule has 0 radical (unpaired) electrons. The van der Waals surface area contributed by atoms with Crippen LogP contribution in [0.3, 0.4) is 0 Å². The van der Waals surface area contributed by atoms with E-state index in [1.807, 2.05) is 24.8 Å². The van der Waals surface area contributed by atoms with Gasteiger partial charge in [0.2, 0.25) is 0 Å². The van der Waals surface area contributed by atoms with Crippen LogP contribution in [0.2, 0.25) is 0 Å². The number of aliphatic hydroxyl groups is 2. The van der Waals surface area contributed by atoms with Crippen LogP contribution in [0, 0.1) is 11.8 Å². The number of thioether (sulfide) groups is 1. The molecule has 0 amide bonds. The molecule has 3 heterocycles. The highest BCUT2D eigenvalue weighted by Crippen LogP contribution is 2.51. The van der Waals surface area contributed by atoms with Crippen LogP contribution in [-0.4, -0.2) is 52.2 Å². The molecule has 0 aliphatic carbocycles. The van der Waals surface area contributed by atoms with E-state index >= 15 is 0 Å². The van der Waals surface area contributed by atoms with Crippen molar-refractivity contribution in [2.75, 3.05) is 26.2 Å². The Balaban J connectivity index is 1.91. The predicted octanol–water partition coefficient (Wildman–Crippen LogP) is 2.23. The Morgan fingerprint density at radius 3 is 2.48 bits per heavy atom. The van der Waals surface area contributed by atoms with Gasteiger partial charge in [-0.1, -0.05) is 25.1 Å². The maximum atomic E-state index is 11.0. The Morgan fingerprint density at radius 1 is 1.29 bits per heavy atom. The Kier molecular flexibility index (Phi) is 4.60. The summed E-state index contributed by atoms with van der Waals surface area (Å²) in [5, 5.41) is 20.5. The van der Waals surface area contributed by atoms with Gasteiger partial charge in [0.1, 0.15) is 0 Å². The van der Waals surface area contributed by atoms with Crippen LogP contribution in [-0.2, 0) is 0 Å². The molecule has 2 bridgehead atoms. The Labute approximate surface area is 131 Å². The van der Waals surface area contributed by atoms with Crippen molar-refractivity contribution >= 4 is 11.8 Å². The molecule has 3 aliphatic heterocycles. The highest BCUT2D eigenvalue weighted by Gasteiger charge is 2.53. The predicted molar refractivity (Wildman–Crippen MR) is 86.5 cm³/mol. The van der Waals surface area contributed by atoms with E-state index in [0.717, 1.165) is 32.5 Å². The number of piperidine rings is 3. The van der Waals surface area contributed by atoms with E-state index in [1.165, 1.54) is 4.90 Å². The average Bonchev–Trinajstić information content (AvgIpc) is 2.55. The highest BCUT2D eigenvalue weighted by atomic mass is 32.2. The molecule has 0 spiro atoms. The second kappa shape index (κ2) is 6.29. The molecule has 4 rings (SSSR count). The molecule has 3 fully saturated rings. The van der Waals surface area contributed by atoms with E-state index in [4.69, 9.17) is 0 Å². The lowest BCUT2D eigenvalue weighted by Gasteiger charge is -2.55. The number of hydrogen-bond donors (Lipinski definition) is 2. The number of fused-ring (bicyclic) bond motifs is 3. The zero-order valence-corrected chi connectivity index (χ0v) is 13.4. The largest absolute Gasteiger partial charge is 0.396 e. The zero-order valence-electron chi connectivity index (χ0n) is 12.6. The third-order valence-electron chi connectivity index (χ3n) is 5.13. The minimum Gasteiger partial charge on any atom is -0.396 e. The van der Waals surface area contributed by atoms with Gasteiger partial charge in [-0.3, -0.25) is 0 Å². The van der Waals surface area contributed by atoms with Crippen LogP contribution in [0.1, 0.15) is 19.8 Å². The average molecular weight is 307 g/mol. The van der Waals surface area contributed by atoms with Crippen molar-refractivity contribution < 1.29 is 10.2 Å². The zero-order chi connectivity index (χ0) is 14.9. The van der Waals surface area contributed by atoms with Crippen molar-refractivity contribution in [1.82, 2.24) is 4.90 Å². The van der Waals surface area contributed by atoms with Gasteiger partial charge in [0, 0.05) is 24.0 Å². The van der Waals surface area contributed by atoms with Gasteiger partial charge in [-0.25, -0.2) is 0 Å². The van der Waals surface area contributed by atoms with Gasteiger partial charge >= 0.3 is 0 Å². The first-order chi connectivity index (χ1) is 10.2. The molecular formula is C17H25NO2S. The van der Waals surface area contributed by atoms with Crippen molar-refractivity contribution in [3.05, 3.63) is 30.3 Å².